The number of alkyl halides is 1. The lowest BCUT2D eigenvalue weighted by molar-refractivity contribution is -0.144. The minimum atomic E-state index is -1.76. The van der Waals surface area contributed by atoms with Crippen molar-refractivity contribution in [2.24, 2.45) is 0 Å². The monoisotopic (exact) mass is 210 g/mol. The Morgan fingerprint density at radius 3 is 2.47 bits per heavy atom. The molecule has 0 saturated heterocycles. The van der Waals surface area contributed by atoms with Crippen molar-refractivity contribution >= 4 is 11.8 Å². The normalized spacial score (nSPS) is 11.9. The molecule has 0 fully saturated rings. The molecule has 0 radical (unpaired) electrons. The maximum absolute atomic E-state index is 13.5. The molecule has 0 aliphatic carbocycles. The molecule has 0 amide bonds. The standard InChI is InChI=1S/C11H11FO3/c1-15-10(14)7-9(13)11(12)8-5-3-2-4-6-8/h2-6,11H,7H2,1H3. The average molecular weight is 210 g/mol. The molecular formula is C11H11FO3. The molecule has 1 rings (SSSR count). The first-order valence-corrected chi connectivity index (χ1v) is 4.43. The van der Waals surface area contributed by atoms with Gasteiger partial charge in [0.05, 0.1) is 7.11 Å². The van der Waals surface area contributed by atoms with E-state index in [9.17, 15) is 14.0 Å². The lowest BCUT2D eigenvalue weighted by atomic mass is 10.1. The van der Waals surface area contributed by atoms with Crippen LogP contribution in [0.4, 0.5) is 4.39 Å². The highest BCUT2D eigenvalue weighted by molar-refractivity contribution is 5.98. The number of Topliss-reactive ketones (excluding diaryl/α,β-unsaturated/α-hetero) is 1. The van der Waals surface area contributed by atoms with Gasteiger partial charge in [0.1, 0.15) is 6.42 Å². The first kappa shape index (κ1) is 11.4. The maximum atomic E-state index is 13.5. The maximum Gasteiger partial charge on any atom is 0.313 e. The molecule has 3 nitrogen and oxygen atoms in total. The molecule has 0 aromatic heterocycles. The number of ether oxygens (including phenoxy) is 1. The fourth-order valence-electron chi connectivity index (χ4n) is 1.11. The van der Waals surface area contributed by atoms with Crippen LogP contribution >= 0.6 is 0 Å². The van der Waals surface area contributed by atoms with Gasteiger partial charge < -0.3 is 4.74 Å². The number of benzene rings is 1. The summed E-state index contributed by atoms with van der Waals surface area (Å²) in [5, 5.41) is 0. The smallest absolute Gasteiger partial charge is 0.313 e. The number of esters is 1. The Balaban J connectivity index is 2.65. The Morgan fingerprint density at radius 2 is 1.93 bits per heavy atom. The summed E-state index contributed by atoms with van der Waals surface area (Å²) in [6.07, 6.45) is -2.29. The van der Waals surface area contributed by atoms with E-state index in [1.165, 1.54) is 12.1 Å². The van der Waals surface area contributed by atoms with Crippen LogP contribution in [0.2, 0.25) is 0 Å². The van der Waals surface area contributed by atoms with Crippen molar-refractivity contribution in [3.05, 3.63) is 35.9 Å². The summed E-state index contributed by atoms with van der Waals surface area (Å²) in [4.78, 5) is 22.0. The van der Waals surface area contributed by atoms with E-state index < -0.39 is 24.3 Å². The van der Waals surface area contributed by atoms with Gasteiger partial charge in [0.2, 0.25) is 0 Å². The number of methoxy groups -OCH3 is 1. The lowest BCUT2D eigenvalue weighted by Gasteiger charge is -2.06. The summed E-state index contributed by atoms with van der Waals surface area (Å²) >= 11 is 0. The second-order valence-electron chi connectivity index (χ2n) is 2.99. The largest absolute Gasteiger partial charge is 0.469 e. The van der Waals surface area contributed by atoms with Gasteiger partial charge in [-0.25, -0.2) is 4.39 Å². The number of ketones is 1. The Hall–Kier alpha value is -1.71. The van der Waals surface area contributed by atoms with E-state index in [-0.39, 0.29) is 5.56 Å². The van der Waals surface area contributed by atoms with Crippen LogP contribution in [0.25, 0.3) is 0 Å². The molecule has 1 aromatic carbocycles. The zero-order chi connectivity index (χ0) is 11.3. The number of carbonyl (C=O) groups excluding carboxylic acids is 2. The van der Waals surface area contributed by atoms with Crippen LogP contribution in [-0.2, 0) is 14.3 Å². The van der Waals surface area contributed by atoms with Crippen LogP contribution in [-0.4, -0.2) is 18.9 Å². The van der Waals surface area contributed by atoms with Crippen molar-refractivity contribution < 1.29 is 18.7 Å². The fourth-order valence-corrected chi connectivity index (χ4v) is 1.11. The van der Waals surface area contributed by atoms with Gasteiger partial charge in [0.15, 0.2) is 12.0 Å². The molecule has 15 heavy (non-hydrogen) atoms. The molecule has 0 spiro atoms. The number of carbonyl (C=O) groups is 2. The minimum absolute atomic E-state index is 0.256. The van der Waals surface area contributed by atoms with Crippen molar-refractivity contribution in [3.8, 4) is 0 Å². The highest BCUT2D eigenvalue weighted by Gasteiger charge is 2.22. The average Bonchev–Trinajstić information content (AvgIpc) is 2.29. The Kier molecular flexibility index (Phi) is 3.97. The van der Waals surface area contributed by atoms with Gasteiger partial charge in [-0.3, -0.25) is 9.59 Å². The van der Waals surface area contributed by atoms with Crippen LogP contribution in [0, 0.1) is 0 Å². The lowest BCUT2D eigenvalue weighted by Crippen LogP contribution is -2.14. The Labute approximate surface area is 86.9 Å². The molecule has 0 aliphatic rings. The SMILES string of the molecule is COC(=O)CC(=O)C(F)c1ccccc1. The summed E-state index contributed by atoms with van der Waals surface area (Å²) in [6.45, 7) is 0. The summed E-state index contributed by atoms with van der Waals surface area (Å²) < 4.78 is 17.7. The summed E-state index contributed by atoms with van der Waals surface area (Å²) in [5.74, 6) is -1.51. The second kappa shape index (κ2) is 5.24. The van der Waals surface area contributed by atoms with E-state index in [0.29, 0.717) is 0 Å². The van der Waals surface area contributed by atoms with Gasteiger partial charge in [-0.1, -0.05) is 30.3 Å². The topological polar surface area (TPSA) is 43.4 Å². The van der Waals surface area contributed by atoms with E-state index in [4.69, 9.17) is 0 Å². The molecule has 1 unspecified atom stereocenters. The van der Waals surface area contributed by atoms with E-state index in [2.05, 4.69) is 4.74 Å². The Morgan fingerprint density at radius 1 is 1.33 bits per heavy atom. The minimum Gasteiger partial charge on any atom is -0.469 e. The predicted molar refractivity (Wildman–Crippen MR) is 51.9 cm³/mol. The quantitative estimate of drug-likeness (QED) is 0.562. The van der Waals surface area contributed by atoms with Crippen molar-refractivity contribution in [2.75, 3.05) is 7.11 Å². The zero-order valence-corrected chi connectivity index (χ0v) is 8.27. The fraction of sp³-hybridized carbons (Fsp3) is 0.273. The number of rotatable bonds is 4. The van der Waals surface area contributed by atoms with Crippen LogP contribution in [0.15, 0.2) is 30.3 Å². The zero-order valence-electron chi connectivity index (χ0n) is 8.27. The summed E-state index contributed by atoms with van der Waals surface area (Å²) in [5.41, 5.74) is 0.256. The number of hydrogen-bond donors (Lipinski definition) is 0. The van der Waals surface area contributed by atoms with Gasteiger partial charge >= 0.3 is 5.97 Å². The second-order valence-corrected chi connectivity index (χ2v) is 2.99. The molecular weight excluding hydrogens is 199 g/mol. The third-order valence-electron chi connectivity index (χ3n) is 1.92. The van der Waals surface area contributed by atoms with Gasteiger partial charge in [0, 0.05) is 0 Å². The molecule has 0 bridgehead atoms. The van der Waals surface area contributed by atoms with Gasteiger partial charge in [-0.05, 0) is 5.56 Å². The number of hydrogen-bond acceptors (Lipinski definition) is 3. The van der Waals surface area contributed by atoms with Crippen LogP contribution in [0.3, 0.4) is 0 Å². The molecule has 0 saturated carbocycles. The number of halogens is 1. The van der Waals surface area contributed by atoms with Crippen molar-refractivity contribution in [2.45, 2.75) is 12.6 Å². The highest BCUT2D eigenvalue weighted by Crippen LogP contribution is 2.19. The molecule has 80 valence electrons. The first-order valence-electron chi connectivity index (χ1n) is 4.43. The van der Waals surface area contributed by atoms with Crippen molar-refractivity contribution in [3.63, 3.8) is 0 Å². The first-order chi connectivity index (χ1) is 7.15. The van der Waals surface area contributed by atoms with Crippen LogP contribution in [0.1, 0.15) is 18.2 Å². The van der Waals surface area contributed by atoms with Crippen LogP contribution in [0.5, 0.6) is 0 Å². The molecule has 0 aliphatic heterocycles. The summed E-state index contributed by atoms with van der Waals surface area (Å²) in [7, 11) is 1.16. The van der Waals surface area contributed by atoms with Gasteiger partial charge in [-0.15, -0.1) is 0 Å². The third-order valence-corrected chi connectivity index (χ3v) is 1.92. The molecule has 4 heteroatoms. The molecule has 0 heterocycles. The van der Waals surface area contributed by atoms with E-state index in [1.807, 2.05) is 0 Å². The molecule has 1 atom stereocenters. The van der Waals surface area contributed by atoms with E-state index in [0.717, 1.165) is 7.11 Å². The van der Waals surface area contributed by atoms with Gasteiger partial charge in [0.25, 0.3) is 0 Å². The van der Waals surface area contributed by atoms with Crippen LogP contribution < -0.4 is 0 Å². The van der Waals surface area contributed by atoms with Gasteiger partial charge in [-0.2, -0.15) is 0 Å². The summed E-state index contributed by atoms with van der Waals surface area (Å²) in [6, 6.07) is 7.99. The Bertz CT molecular complexity index is 348. The highest BCUT2D eigenvalue weighted by atomic mass is 19.1. The molecule has 0 N–H and O–H groups in total. The molecule has 1 aromatic rings. The van der Waals surface area contributed by atoms with E-state index in [1.54, 1.807) is 18.2 Å². The van der Waals surface area contributed by atoms with Crippen molar-refractivity contribution in [1.82, 2.24) is 0 Å². The predicted octanol–water partition coefficient (Wildman–Crippen LogP) is 1.83. The third kappa shape index (κ3) is 3.16. The van der Waals surface area contributed by atoms with E-state index >= 15 is 0 Å². The van der Waals surface area contributed by atoms with Crippen molar-refractivity contribution in [1.29, 1.82) is 0 Å².